The summed E-state index contributed by atoms with van der Waals surface area (Å²) < 4.78 is 7.36. The number of aromatic nitrogens is 3. The Morgan fingerprint density at radius 1 is 1.24 bits per heavy atom. The number of benzene rings is 1. The summed E-state index contributed by atoms with van der Waals surface area (Å²) in [6.45, 7) is 8.49. The highest BCUT2D eigenvalue weighted by Crippen LogP contribution is 2.18. The molecule has 0 saturated carbocycles. The maximum absolute atomic E-state index is 12.4. The largest absolute Gasteiger partial charge is 0.491 e. The van der Waals surface area contributed by atoms with Crippen LogP contribution in [0.5, 0.6) is 5.75 Å². The first-order valence-corrected chi connectivity index (χ1v) is 8.63. The smallest absolute Gasteiger partial charge is 0.273 e. The third-order valence-corrected chi connectivity index (χ3v) is 3.83. The van der Waals surface area contributed by atoms with Crippen molar-refractivity contribution >= 4 is 5.91 Å². The van der Waals surface area contributed by atoms with Crippen LogP contribution in [0.25, 0.3) is 5.69 Å². The number of hydrogen-bond acceptors (Lipinski definition) is 5. The van der Waals surface area contributed by atoms with E-state index in [9.17, 15) is 4.79 Å². The molecule has 0 saturated heterocycles. The fraction of sp³-hybridized carbons (Fsp3) is 0.500. The lowest BCUT2D eigenvalue weighted by Crippen LogP contribution is -2.37. The molecule has 7 nitrogen and oxygen atoms in total. The highest BCUT2D eigenvalue weighted by Gasteiger charge is 2.19. The van der Waals surface area contributed by atoms with Gasteiger partial charge in [0.2, 0.25) is 0 Å². The van der Waals surface area contributed by atoms with E-state index in [1.54, 1.807) is 4.68 Å². The van der Waals surface area contributed by atoms with Crippen molar-refractivity contribution in [2.24, 2.45) is 0 Å². The van der Waals surface area contributed by atoms with Crippen molar-refractivity contribution in [3.8, 4) is 11.4 Å². The third-order valence-electron chi connectivity index (χ3n) is 3.83. The van der Waals surface area contributed by atoms with Crippen LogP contribution in [0.1, 0.15) is 43.9 Å². The molecule has 2 aromatic rings. The Hall–Kier alpha value is -2.41. The van der Waals surface area contributed by atoms with Crippen molar-refractivity contribution < 1.29 is 9.53 Å². The zero-order valence-electron chi connectivity index (χ0n) is 15.5. The van der Waals surface area contributed by atoms with E-state index in [1.807, 2.05) is 59.0 Å². The number of carbonyl (C=O) groups excluding carboxylic acids is 1. The van der Waals surface area contributed by atoms with Crippen LogP contribution in [0.15, 0.2) is 24.3 Å². The predicted octanol–water partition coefficient (Wildman–Crippen LogP) is 1.95. The maximum atomic E-state index is 12.4. The molecule has 0 bridgehead atoms. The molecule has 1 atom stereocenters. The molecule has 0 radical (unpaired) electrons. The minimum atomic E-state index is -0.204. The van der Waals surface area contributed by atoms with E-state index in [0.29, 0.717) is 18.7 Å². The molecule has 1 aromatic heterocycles. The van der Waals surface area contributed by atoms with Gasteiger partial charge in [0.1, 0.15) is 5.75 Å². The molecule has 25 heavy (non-hydrogen) atoms. The van der Waals surface area contributed by atoms with Gasteiger partial charge in [-0.15, -0.1) is 5.10 Å². The van der Waals surface area contributed by atoms with E-state index in [0.717, 1.165) is 17.1 Å². The Kier molecular flexibility index (Phi) is 6.52. The second kappa shape index (κ2) is 8.62. The van der Waals surface area contributed by atoms with Crippen LogP contribution >= 0.6 is 0 Å². The average Bonchev–Trinajstić information content (AvgIpc) is 3.03. The van der Waals surface area contributed by atoms with Crippen LogP contribution in [-0.4, -0.2) is 46.6 Å². The summed E-state index contributed by atoms with van der Waals surface area (Å²) >= 11 is 0. The minimum absolute atomic E-state index is 0.124. The first-order valence-electron chi connectivity index (χ1n) is 8.63. The topological polar surface area (TPSA) is 81.1 Å². The molecule has 0 aliphatic heterocycles. The van der Waals surface area contributed by atoms with Gasteiger partial charge in [-0.25, -0.2) is 4.68 Å². The molecular formula is C18H27N5O2. The maximum Gasteiger partial charge on any atom is 0.273 e. The SMILES string of the molecule is CCc1c(C(=O)NCC(C)NC)nnn1-c1ccc(OC(C)C)cc1. The van der Waals surface area contributed by atoms with Crippen LogP contribution in [0.3, 0.4) is 0 Å². The number of nitrogens with zero attached hydrogens (tertiary/aromatic N) is 3. The van der Waals surface area contributed by atoms with Gasteiger partial charge in [-0.1, -0.05) is 12.1 Å². The van der Waals surface area contributed by atoms with Crippen LogP contribution in [0.2, 0.25) is 0 Å². The zero-order valence-corrected chi connectivity index (χ0v) is 15.5. The lowest BCUT2D eigenvalue weighted by Gasteiger charge is -2.12. The molecule has 2 N–H and O–H groups in total. The highest BCUT2D eigenvalue weighted by atomic mass is 16.5. The van der Waals surface area contributed by atoms with Gasteiger partial charge in [0, 0.05) is 12.6 Å². The van der Waals surface area contributed by atoms with E-state index >= 15 is 0 Å². The van der Waals surface area contributed by atoms with Crippen molar-refractivity contribution in [1.29, 1.82) is 0 Å². The van der Waals surface area contributed by atoms with Crippen molar-refractivity contribution in [1.82, 2.24) is 25.6 Å². The number of amides is 1. The number of likely N-dealkylation sites (N-methyl/N-ethyl adjacent to an activating group) is 1. The van der Waals surface area contributed by atoms with E-state index < -0.39 is 0 Å². The van der Waals surface area contributed by atoms with Crippen LogP contribution in [-0.2, 0) is 6.42 Å². The lowest BCUT2D eigenvalue weighted by molar-refractivity contribution is 0.0944. The summed E-state index contributed by atoms with van der Waals surface area (Å²) in [6, 6.07) is 7.81. The molecule has 0 fully saturated rings. The summed E-state index contributed by atoms with van der Waals surface area (Å²) in [7, 11) is 1.86. The van der Waals surface area contributed by atoms with Crippen molar-refractivity contribution in [2.45, 2.75) is 46.3 Å². The molecule has 1 heterocycles. The Morgan fingerprint density at radius 2 is 1.92 bits per heavy atom. The molecule has 2 rings (SSSR count). The van der Waals surface area contributed by atoms with Gasteiger partial charge in [0.25, 0.3) is 5.91 Å². The second-order valence-corrected chi connectivity index (χ2v) is 6.21. The highest BCUT2D eigenvalue weighted by molar-refractivity contribution is 5.93. The van der Waals surface area contributed by atoms with E-state index in [2.05, 4.69) is 20.9 Å². The second-order valence-electron chi connectivity index (χ2n) is 6.21. The Labute approximate surface area is 148 Å². The Bertz CT molecular complexity index is 694. The lowest BCUT2D eigenvalue weighted by atomic mass is 10.2. The molecule has 1 amide bonds. The van der Waals surface area contributed by atoms with Crippen molar-refractivity contribution in [3.63, 3.8) is 0 Å². The van der Waals surface area contributed by atoms with Crippen LogP contribution in [0, 0.1) is 0 Å². The molecule has 0 spiro atoms. The number of ether oxygens (including phenoxy) is 1. The zero-order chi connectivity index (χ0) is 18.4. The van der Waals surface area contributed by atoms with Crippen molar-refractivity contribution in [3.05, 3.63) is 35.7 Å². The molecule has 0 aliphatic rings. The average molecular weight is 345 g/mol. The molecule has 1 unspecified atom stereocenters. The van der Waals surface area contributed by atoms with Gasteiger partial charge in [-0.3, -0.25) is 4.79 Å². The predicted molar refractivity (Wildman–Crippen MR) is 97.4 cm³/mol. The number of nitrogens with one attached hydrogen (secondary N) is 2. The summed E-state index contributed by atoms with van der Waals surface area (Å²) in [4.78, 5) is 12.4. The standard InChI is InChI=1S/C18H27N5O2/c1-6-16-17(18(24)20-11-13(4)19-5)21-22-23(16)14-7-9-15(10-8-14)25-12(2)3/h7-10,12-13,19H,6,11H2,1-5H3,(H,20,24). The molecule has 136 valence electrons. The Morgan fingerprint density at radius 3 is 2.48 bits per heavy atom. The van der Waals surface area contributed by atoms with Crippen LogP contribution in [0.4, 0.5) is 0 Å². The first-order chi connectivity index (χ1) is 12.0. The van der Waals surface area contributed by atoms with E-state index in [-0.39, 0.29) is 18.1 Å². The molecular weight excluding hydrogens is 318 g/mol. The normalized spacial score (nSPS) is 12.2. The number of hydrogen-bond donors (Lipinski definition) is 2. The van der Waals surface area contributed by atoms with Gasteiger partial charge in [0.05, 0.1) is 17.5 Å². The van der Waals surface area contributed by atoms with Crippen LogP contribution < -0.4 is 15.4 Å². The molecule has 0 aliphatic carbocycles. The van der Waals surface area contributed by atoms with Gasteiger partial charge in [-0.2, -0.15) is 0 Å². The summed E-state index contributed by atoms with van der Waals surface area (Å²) in [6.07, 6.45) is 0.778. The fourth-order valence-electron chi connectivity index (χ4n) is 2.37. The monoisotopic (exact) mass is 345 g/mol. The van der Waals surface area contributed by atoms with E-state index in [4.69, 9.17) is 4.74 Å². The van der Waals surface area contributed by atoms with E-state index in [1.165, 1.54) is 0 Å². The fourth-order valence-corrected chi connectivity index (χ4v) is 2.37. The van der Waals surface area contributed by atoms with Crippen molar-refractivity contribution in [2.75, 3.05) is 13.6 Å². The first kappa shape index (κ1) is 18.9. The molecule has 7 heteroatoms. The van der Waals surface area contributed by atoms with Gasteiger partial charge in [0.15, 0.2) is 5.69 Å². The quantitative estimate of drug-likeness (QED) is 0.764. The van der Waals surface area contributed by atoms with Gasteiger partial charge in [-0.05, 0) is 58.5 Å². The Balaban J connectivity index is 2.20. The number of rotatable bonds is 8. The summed E-state index contributed by atoms with van der Waals surface area (Å²) in [5.74, 6) is 0.598. The molecule has 1 aromatic carbocycles. The van der Waals surface area contributed by atoms with Gasteiger partial charge < -0.3 is 15.4 Å². The minimum Gasteiger partial charge on any atom is -0.491 e. The van der Waals surface area contributed by atoms with Gasteiger partial charge >= 0.3 is 0 Å². The summed E-state index contributed by atoms with van der Waals surface area (Å²) in [5.41, 5.74) is 2.00. The third kappa shape index (κ3) is 4.79. The number of carbonyl (C=O) groups is 1. The summed E-state index contributed by atoms with van der Waals surface area (Å²) in [5, 5.41) is 14.2.